The number of hydrogen-bond donors (Lipinski definition) is 0. The summed E-state index contributed by atoms with van der Waals surface area (Å²) in [5.41, 5.74) is 17.8. The number of hydrogen-bond acceptors (Lipinski definition) is 0. The molecule has 0 saturated heterocycles. The monoisotopic (exact) mass is 635 g/mol. The Balaban J connectivity index is 1.24. The SMILES string of the molecule is c1ccc(-c2cccc(-c3ccccc3-c3ccc4c5ccccc5n(-c5ccccc5)c4c3)c2C2c3ccccc3-c3ccccc32)cc1. The van der Waals surface area contributed by atoms with Gasteiger partial charge in [0.2, 0.25) is 0 Å². The van der Waals surface area contributed by atoms with Crippen LogP contribution >= 0.6 is 0 Å². The van der Waals surface area contributed by atoms with Crippen LogP contribution < -0.4 is 0 Å². The minimum absolute atomic E-state index is 0.102. The number of fused-ring (bicyclic) bond motifs is 6. The van der Waals surface area contributed by atoms with Gasteiger partial charge in [-0.25, -0.2) is 0 Å². The lowest BCUT2D eigenvalue weighted by molar-refractivity contribution is 1.02. The second kappa shape index (κ2) is 11.6. The van der Waals surface area contributed by atoms with Crippen LogP contribution in [-0.2, 0) is 0 Å². The van der Waals surface area contributed by atoms with E-state index in [9.17, 15) is 0 Å². The van der Waals surface area contributed by atoms with E-state index < -0.39 is 0 Å². The van der Waals surface area contributed by atoms with Gasteiger partial charge in [-0.1, -0.05) is 170 Å². The van der Waals surface area contributed by atoms with Crippen LogP contribution in [0.1, 0.15) is 22.6 Å². The summed E-state index contributed by atoms with van der Waals surface area (Å²) in [6.07, 6.45) is 0. The van der Waals surface area contributed by atoms with Gasteiger partial charge in [-0.15, -0.1) is 0 Å². The number of para-hydroxylation sites is 2. The van der Waals surface area contributed by atoms with Crippen molar-refractivity contribution in [3.8, 4) is 50.2 Å². The molecule has 0 atom stereocenters. The molecule has 1 heterocycles. The molecule has 0 spiro atoms. The Kier molecular flexibility index (Phi) is 6.63. The molecule has 1 aromatic heterocycles. The lowest BCUT2D eigenvalue weighted by Gasteiger charge is -2.24. The number of rotatable bonds is 5. The Morgan fingerprint density at radius 2 is 0.860 bits per heavy atom. The Bertz CT molecular complexity index is 2650. The molecule has 9 aromatic rings. The molecule has 234 valence electrons. The molecule has 10 rings (SSSR count). The van der Waals surface area contributed by atoms with Crippen molar-refractivity contribution in [1.82, 2.24) is 4.57 Å². The van der Waals surface area contributed by atoms with E-state index in [2.05, 4.69) is 199 Å². The number of benzene rings is 8. The first kappa shape index (κ1) is 28.6. The maximum Gasteiger partial charge on any atom is 0.0547 e. The van der Waals surface area contributed by atoms with Crippen LogP contribution in [0.15, 0.2) is 194 Å². The molecule has 0 amide bonds. The maximum absolute atomic E-state index is 2.41. The van der Waals surface area contributed by atoms with E-state index in [0.717, 1.165) is 0 Å². The fourth-order valence-corrected chi connectivity index (χ4v) is 8.41. The van der Waals surface area contributed by atoms with Crippen molar-refractivity contribution in [1.29, 1.82) is 0 Å². The Hall–Kier alpha value is -6.44. The quantitative estimate of drug-likeness (QED) is 0.177. The zero-order chi connectivity index (χ0) is 33.0. The van der Waals surface area contributed by atoms with Gasteiger partial charge in [-0.3, -0.25) is 0 Å². The average Bonchev–Trinajstić information content (AvgIpc) is 3.71. The van der Waals surface area contributed by atoms with Crippen molar-refractivity contribution in [3.05, 3.63) is 211 Å². The van der Waals surface area contributed by atoms with Crippen molar-refractivity contribution >= 4 is 21.8 Å². The fraction of sp³-hybridized carbons (Fsp3) is 0.0204. The predicted molar refractivity (Wildman–Crippen MR) is 210 cm³/mol. The van der Waals surface area contributed by atoms with Gasteiger partial charge in [0.15, 0.2) is 0 Å². The smallest absolute Gasteiger partial charge is 0.0547 e. The molecule has 8 aromatic carbocycles. The van der Waals surface area contributed by atoms with Gasteiger partial charge in [0, 0.05) is 22.4 Å². The molecule has 0 fully saturated rings. The number of aromatic nitrogens is 1. The van der Waals surface area contributed by atoms with Crippen LogP contribution in [0.3, 0.4) is 0 Å². The lowest BCUT2D eigenvalue weighted by atomic mass is 9.79. The highest BCUT2D eigenvalue weighted by atomic mass is 15.0. The number of nitrogens with zero attached hydrogens (tertiary/aromatic N) is 1. The van der Waals surface area contributed by atoms with Crippen molar-refractivity contribution in [2.24, 2.45) is 0 Å². The molecular weight excluding hydrogens is 603 g/mol. The maximum atomic E-state index is 2.41. The third-order valence-electron chi connectivity index (χ3n) is 10.5. The highest BCUT2D eigenvalue weighted by Crippen LogP contribution is 2.53. The summed E-state index contributed by atoms with van der Waals surface area (Å²) in [6.45, 7) is 0. The third-order valence-corrected chi connectivity index (χ3v) is 10.5. The van der Waals surface area contributed by atoms with Crippen LogP contribution in [0, 0.1) is 0 Å². The molecule has 0 saturated carbocycles. The van der Waals surface area contributed by atoms with Crippen molar-refractivity contribution < 1.29 is 0 Å². The second-order valence-electron chi connectivity index (χ2n) is 13.2. The molecule has 0 bridgehead atoms. The summed E-state index contributed by atoms with van der Waals surface area (Å²) in [5.74, 6) is 0.102. The van der Waals surface area contributed by atoms with Gasteiger partial charge in [0.1, 0.15) is 0 Å². The zero-order valence-corrected chi connectivity index (χ0v) is 27.5. The topological polar surface area (TPSA) is 4.93 Å². The molecule has 0 aliphatic heterocycles. The first-order valence-corrected chi connectivity index (χ1v) is 17.4. The molecule has 1 aliphatic carbocycles. The van der Waals surface area contributed by atoms with Crippen LogP contribution in [0.25, 0.3) is 72.0 Å². The fourth-order valence-electron chi connectivity index (χ4n) is 8.41. The lowest BCUT2D eigenvalue weighted by Crippen LogP contribution is -2.05. The van der Waals surface area contributed by atoms with Gasteiger partial charge in [-0.2, -0.15) is 0 Å². The third kappa shape index (κ3) is 4.41. The van der Waals surface area contributed by atoms with Crippen LogP contribution in [0.2, 0.25) is 0 Å². The summed E-state index contributed by atoms with van der Waals surface area (Å²) < 4.78 is 2.41. The normalized spacial score (nSPS) is 12.3. The Morgan fingerprint density at radius 1 is 0.320 bits per heavy atom. The van der Waals surface area contributed by atoms with E-state index in [1.807, 2.05) is 0 Å². The van der Waals surface area contributed by atoms with Gasteiger partial charge >= 0.3 is 0 Å². The summed E-state index contributed by atoms with van der Waals surface area (Å²) in [6, 6.07) is 71.2. The van der Waals surface area contributed by atoms with Gasteiger partial charge in [-0.05, 0) is 85.5 Å². The summed E-state index contributed by atoms with van der Waals surface area (Å²) in [4.78, 5) is 0. The van der Waals surface area contributed by atoms with Crippen molar-refractivity contribution in [2.75, 3.05) is 0 Å². The molecule has 1 nitrogen and oxygen atoms in total. The highest BCUT2D eigenvalue weighted by molar-refractivity contribution is 6.10. The first-order chi connectivity index (χ1) is 24.8. The van der Waals surface area contributed by atoms with Crippen LogP contribution in [-0.4, -0.2) is 4.57 Å². The molecule has 50 heavy (non-hydrogen) atoms. The molecule has 0 radical (unpaired) electrons. The van der Waals surface area contributed by atoms with E-state index in [-0.39, 0.29) is 5.92 Å². The van der Waals surface area contributed by atoms with Gasteiger partial charge in [0.05, 0.1) is 11.0 Å². The molecular formula is C49H33N. The van der Waals surface area contributed by atoms with Crippen molar-refractivity contribution in [3.63, 3.8) is 0 Å². The molecule has 1 aliphatic rings. The van der Waals surface area contributed by atoms with E-state index >= 15 is 0 Å². The van der Waals surface area contributed by atoms with E-state index in [0.29, 0.717) is 0 Å². The van der Waals surface area contributed by atoms with Gasteiger partial charge in [0.25, 0.3) is 0 Å². The first-order valence-electron chi connectivity index (χ1n) is 17.4. The molecule has 0 unspecified atom stereocenters. The zero-order valence-electron chi connectivity index (χ0n) is 27.5. The van der Waals surface area contributed by atoms with E-state index in [1.54, 1.807) is 0 Å². The van der Waals surface area contributed by atoms with Crippen LogP contribution in [0.5, 0.6) is 0 Å². The standard InChI is InChI=1S/C49H33N/c1-3-16-33(17-4-1)37-27-15-28-45(48(37)49-43-25-11-9-22-39(43)40-23-10-12-26-44(40)49)38-21-8-7-20-36(38)34-30-31-42-41-24-13-14-29-46(41)50(47(42)32-34)35-18-5-2-6-19-35/h1-32,49H. The minimum atomic E-state index is 0.102. The second-order valence-corrected chi connectivity index (χ2v) is 13.2. The molecule has 1 heteroatoms. The largest absolute Gasteiger partial charge is 0.309 e. The average molecular weight is 636 g/mol. The Labute approximate surface area is 292 Å². The highest BCUT2D eigenvalue weighted by Gasteiger charge is 2.33. The van der Waals surface area contributed by atoms with E-state index in [4.69, 9.17) is 0 Å². The minimum Gasteiger partial charge on any atom is -0.309 e. The van der Waals surface area contributed by atoms with Crippen LogP contribution in [0.4, 0.5) is 0 Å². The van der Waals surface area contributed by atoms with Crippen molar-refractivity contribution in [2.45, 2.75) is 5.92 Å². The summed E-state index contributed by atoms with van der Waals surface area (Å²) in [5, 5.41) is 2.53. The summed E-state index contributed by atoms with van der Waals surface area (Å²) >= 11 is 0. The predicted octanol–water partition coefficient (Wildman–Crippen LogP) is 12.9. The van der Waals surface area contributed by atoms with Gasteiger partial charge < -0.3 is 4.57 Å². The van der Waals surface area contributed by atoms with E-state index in [1.165, 1.54) is 88.7 Å². The molecule has 0 N–H and O–H groups in total. The Morgan fingerprint density at radius 3 is 1.60 bits per heavy atom. The summed E-state index contributed by atoms with van der Waals surface area (Å²) in [7, 11) is 0.